The van der Waals surface area contributed by atoms with Gasteiger partial charge in [0.05, 0.1) is 35.5 Å². The van der Waals surface area contributed by atoms with E-state index in [0.29, 0.717) is 16.6 Å². The van der Waals surface area contributed by atoms with Gasteiger partial charge in [0.1, 0.15) is 5.56 Å². The molecule has 0 aliphatic heterocycles. The van der Waals surface area contributed by atoms with E-state index in [0.717, 1.165) is 12.1 Å². The molecule has 1 N–H and O–H groups in total. The normalized spacial score (nSPS) is 11.3. The third-order valence-corrected chi connectivity index (χ3v) is 4.36. The van der Waals surface area contributed by atoms with Crippen LogP contribution in [0.1, 0.15) is 40.1 Å². The molecule has 0 amide bonds. The first-order valence-corrected chi connectivity index (χ1v) is 9.45. The Balaban J connectivity index is 2.05. The Morgan fingerprint density at radius 2 is 1.61 bits per heavy atom. The van der Waals surface area contributed by atoms with Gasteiger partial charge in [0.25, 0.3) is 0 Å². The molecule has 9 heteroatoms. The number of carbonyl (C=O) groups is 2. The molecular formula is C22H19F3N2O4. The number of hydrogen-bond acceptors (Lipinski definition) is 6. The number of carbonyl (C=O) groups excluding carboxylic acids is 2. The third-order valence-electron chi connectivity index (χ3n) is 4.36. The number of nitrogens with one attached hydrogen (secondary N) is 1. The highest BCUT2D eigenvalue weighted by Gasteiger charge is 2.31. The number of hydrogen-bond donors (Lipinski definition) is 1. The lowest BCUT2D eigenvalue weighted by molar-refractivity contribution is -0.137. The molecule has 3 aromatic rings. The molecule has 0 unspecified atom stereocenters. The van der Waals surface area contributed by atoms with Crippen LogP contribution in [0, 0.1) is 0 Å². The Kier molecular flexibility index (Phi) is 6.43. The van der Waals surface area contributed by atoms with Gasteiger partial charge in [0.2, 0.25) is 0 Å². The molecule has 0 saturated carbocycles. The van der Waals surface area contributed by atoms with Gasteiger partial charge in [-0.25, -0.2) is 9.59 Å². The van der Waals surface area contributed by atoms with Crippen molar-refractivity contribution in [1.82, 2.24) is 4.98 Å². The second-order valence-corrected chi connectivity index (χ2v) is 6.42. The van der Waals surface area contributed by atoms with E-state index in [1.165, 1.54) is 24.4 Å². The van der Waals surface area contributed by atoms with Crippen LogP contribution in [-0.4, -0.2) is 30.1 Å². The summed E-state index contributed by atoms with van der Waals surface area (Å²) in [5, 5.41) is 3.35. The maximum absolute atomic E-state index is 13.1. The fourth-order valence-electron chi connectivity index (χ4n) is 2.92. The minimum atomic E-state index is -4.52. The summed E-state index contributed by atoms with van der Waals surface area (Å²) in [6, 6.07) is 9.36. The number of benzene rings is 2. The lowest BCUT2D eigenvalue weighted by Gasteiger charge is -2.15. The van der Waals surface area contributed by atoms with Gasteiger partial charge in [0.15, 0.2) is 0 Å². The van der Waals surface area contributed by atoms with Crippen molar-refractivity contribution in [2.45, 2.75) is 20.0 Å². The molecule has 1 heterocycles. The molecule has 2 aromatic carbocycles. The highest BCUT2D eigenvalue weighted by atomic mass is 19.4. The highest BCUT2D eigenvalue weighted by Crippen LogP contribution is 2.35. The van der Waals surface area contributed by atoms with E-state index in [1.54, 1.807) is 26.0 Å². The first-order valence-electron chi connectivity index (χ1n) is 9.45. The molecule has 3 rings (SSSR count). The Morgan fingerprint density at radius 1 is 0.968 bits per heavy atom. The van der Waals surface area contributed by atoms with Gasteiger partial charge in [-0.15, -0.1) is 0 Å². The summed E-state index contributed by atoms with van der Waals surface area (Å²) in [5.41, 5.74) is 0.387. The van der Waals surface area contributed by atoms with Gasteiger partial charge >= 0.3 is 18.1 Å². The van der Waals surface area contributed by atoms with Crippen LogP contribution >= 0.6 is 0 Å². The van der Waals surface area contributed by atoms with Crippen LogP contribution in [0.2, 0.25) is 0 Å². The molecule has 31 heavy (non-hydrogen) atoms. The first-order chi connectivity index (χ1) is 14.7. The predicted octanol–water partition coefficient (Wildman–Crippen LogP) is 5.35. The van der Waals surface area contributed by atoms with Crippen LogP contribution in [0.3, 0.4) is 0 Å². The summed E-state index contributed by atoms with van der Waals surface area (Å²) in [5.74, 6) is -1.14. The van der Waals surface area contributed by atoms with Crippen LogP contribution < -0.4 is 5.32 Å². The standard InChI is InChI=1S/C22H19F3N2O4/c1-3-30-20(28)13-5-8-15(9-6-13)27-19-16-10-7-14(22(23,24)25)11-18(16)26-12-17(19)21(29)31-4-2/h5-12H,3-4H2,1-2H3,(H,26,27). The van der Waals surface area contributed by atoms with Crippen molar-refractivity contribution in [3.8, 4) is 0 Å². The maximum Gasteiger partial charge on any atom is 0.416 e. The quantitative estimate of drug-likeness (QED) is 0.529. The average Bonchev–Trinajstić information content (AvgIpc) is 2.73. The number of pyridine rings is 1. The molecule has 0 fully saturated rings. The van der Waals surface area contributed by atoms with Crippen LogP contribution in [0.25, 0.3) is 10.9 Å². The van der Waals surface area contributed by atoms with Crippen molar-refractivity contribution in [1.29, 1.82) is 0 Å². The SMILES string of the molecule is CCOC(=O)c1ccc(Nc2c(C(=O)OCC)cnc3cc(C(F)(F)F)ccc23)cc1. The van der Waals surface area contributed by atoms with Crippen LogP contribution in [0.5, 0.6) is 0 Å². The Hall–Kier alpha value is -3.62. The third kappa shape index (κ3) is 4.93. The summed E-state index contributed by atoms with van der Waals surface area (Å²) in [6.07, 6.45) is -3.35. The molecule has 0 spiro atoms. The van der Waals surface area contributed by atoms with Crippen LogP contribution in [0.4, 0.5) is 24.5 Å². The number of ether oxygens (including phenoxy) is 2. The number of nitrogens with zero attached hydrogens (tertiary/aromatic N) is 1. The molecule has 6 nitrogen and oxygen atoms in total. The summed E-state index contributed by atoms with van der Waals surface area (Å²) in [6.45, 7) is 3.70. The van der Waals surface area contributed by atoms with E-state index in [4.69, 9.17) is 9.47 Å². The topological polar surface area (TPSA) is 77.5 Å². The second kappa shape index (κ2) is 9.03. The molecule has 0 aliphatic rings. The molecule has 0 bridgehead atoms. The number of esters is 2. The number of aromatic nitrogens is 1. The Labute approximate surface area is 176 Å². The minimum Gasteiger partial charge on any atom is -0.462 e. The van der Waals surface area contributed by atoms with Gasteiger partial charge < -0.3 is 14.8 Å². The van der Waals surface area contributed by atoms with E-state index < -0.39 is 23.7 Å². The molecule has 0 radical (unpaired) electrons. The van der Waals surface area contributed by atoms with Gasteiger partial charge in [-0.1, -0.05) is 6.07 Å². The fraction of sp³-hybridized carbons (Fsp3) is 0.227. The number of fused-ring (bicyclic) bond motifs is 1. The number of anilines is 2. The highest BCUT2D eigenvalue weighted by molar-refractivity contribution is 6.06. The van der Waals surface area contributed by atoms with Crippen molar-refractivity contribution < 1.29 is 32.2 Å². The fourth-order valence-corrected chi connectivity index (χ4v) is 2.92. The molecule has 0 saturated heterocycles. The zero-order valence-corrected chi connectivity index (χ0v) is 16.7. The summed E-state index contributed by atoms with van der Waals surface area (Å²) >= 11 is 0. The van der Waals surface area contributed by atoms with E-state index in [-0.39, 0.29) is 30.0 Å². The molecule has 162 valence electrons. The molecular weight excluding hydrogens is 413 g/mol. The lowest BCUT2D eigenvalue weighted by atomic mass is 10.1. The number of alkyl halides is 3. The molecule has 0 atom stereocenters. The molecule has 1 aromatic heterocycles. The van der Waals surface area contributed by atoms with Crippen molar-refractivity contribution >= 4 is 34.2 Å². The van der Waals surface area contributed by atoms with E-state index in [2.05, 4.69) is 10.3 Å². The zero-order chi connectivity index (χ0) is 22.6. The van der Waals surface area contributed by atoms with Gasteiger partial charge in [-0.05, 0) is 50.2 Å². The predicted molar refractivity (Wildman–Crippen MR) is 108 cm³/mol. The monoisotopic (exact) mass is 432 g/mol. The van der Waals surface area contributed by atoms with Crippen molar-refractivity contribution in [3.63, 3.8) is 0 Å². The summed E-state index contributed by atoms with van der Waals surface area (Å²) in [7, 11) is 0. The van der Waals surface area contributed by atoms with Crippen molar-refractivity contribution in [2.24, 2.45) is 0 Å². The van der Waals surface area contributed by atoms with Crippen LogP contribution in [0.15, 0.2) is 48.7 Å². The van der Waals surface area contributed by atoms with Gasteiger partial charge in [-0.2, -0.15) is 13.2 Å². The maximum atomic E-state index is 13.1. The Morgan fingerprint density at radius 3 is 2.23 bits per heavy atom. The summed E-state index contributed by atoms with van der Waals surface area (Å²) < 4.78 is 49.2. The number of halogens is 3. The van der Waals surface area contributed by atoms with E-state index in [1.807, 2.05) is 0 Å². The van der Waals surface area contributed by atoms with Crippen LogP contribution in [-0.2, 0) is 15.7 Å². The minimum absolute atomic E-state index is 0.0634. The smallest absolute Gasteiger partial charge is 0.416 e. The van der Waals surface area contributed by atoms with Crippen molar-refractivity contribution in [3.05, 3.63) is 65.4 Å². The van der Waals surface area contributed by atoms with Crippen molar-refractivity contribution in [2.75, 3.05) is 18.5 Å². The first kappa shape index (κ1) is 22.1. The average molecular weight is 432 g/mol. The van der Waals surface area contributed by atoms with E-state index >= 15 is 0 Å². The van der Waals surface area contributed by atoms with E-state index in [9.17, 15) is 22.8 Å². The van der Waals surface area contributed by atoms with Gasteiger partial charge in [-0.3, -0.25) is 4.98 Å². The second-order valence-electron chi connectivity index (χ2n) is 6.42. The largest absolute Gasteiger partial charge is 0.462 e. The Bertz CT molecular complexity index is 1110. The lowest BCUT2D eigenvalue weighted by Crippen LogP contribution is -2.10. The summed E-state index contributed by atoms with van der Waals surface area (Å²) in [4.78, 5) is 28.2. The number of rotatable bonds is 6. The zero-order valence-electron chi connectivity index (χ0n) is 16.7. The van der Waals surface area contributed by atoms with Gasteiger partial charge in [0, 0.05) is 17.3 Å². The molecule has 0 aliphatic carbocycles.